The van der Waals surface area contributed by atoms with Crippen molar-refractivity contribution in [2.24, 2.45) is 0 Å². The van der Waals surface area contributed by atoms with Gasteiger partial charge in [0.05, 0.1) is 0 Å². The highest BCUT2D eigenvalue weighted by atomic mass is 16.1. The molecule has 3 aromatic rings. The fourth-order valence-electron chi connectivity index (χ4n) is 3.28. The quantitative estimate of drug-likeness (QED) is 0.570. The van der Waals surface area contributed by atoms with E-state index in [4.69, 9.17) is 0 Å². The minimum atomic E-state index is -0.115. The zero-order valence-corrected chi connectivity index (χ0v) is 17.1. The highest BCUT2D eigenvalue weighted by Crippen LogP contribution is 2.23. The monoisotopic (exact) mass is 372 g/mol. The zero-order chi connectivity index (χ0) is 20.1. The minimum absolute atomic E-state index is 0.115. The number of carbonyl (C=O) groups is 1. The number of carbonyl (C=O) groups excluding carboxylic acids is 1. The third-order valence-corrected chi connectivity index (χ3v) is 4.91. The number of Topliss-reactive ketones (excluding diaryl/α,β-unsaturated/α-hetero) is 1. The van der Waals surface area contributed by atoms with Crippen molar-refractivity contribution in [1.29, 1.82) is 0 Å². The number of nitrogens with one attached hydrogen (secondary N) is 1. The van der Waals surface area contributed by atoms with Crippen LogP contribution in [0.4, 0.5) is 5.69 Å². The van der Waals surface area contributed by atoms with Gasteiger partial charge in [-0.05, 0) is 67.3 Å². The first-order valence-corrected chi connectivity index (χ1v) is 9.83. The van der Waals surface area contributed by atoms with E-state index >= 15 is 0 Å². The van der Waals surface area contributed by atoms with Gasteiger partial charge in [-0.25, -0.2) is 0 Å². The maximum Gasteiger partial charge on any atom is 0.144 e. The Bertz CT molecular complexity index is 928. The molecule has 28 heavy (non-hydrogen) atoms. The summed E-state index contributed by atoms with van der Waals surface area (Å²) < 4.78 is 0. The van der Waals surface area contributed by atoms with E-state index in [1.54, 1.807) is 0 Å². The molecule has 0 aliphatic rings. The van der Waals surface area contributed by atoms with Gasteiger partial charge in [0.2, 0.25) is 0 Å². The van der Waals surface area contributed by atoms with Crippen LogP contribution in [0.3, 0.4) is 0 Å². The van der Waals surface area contributed by atoms with Gasteiger partial charge >= 0.3 is 0 Å². The summed E-state index contributed by atoms with van der Waals surface area (Å²) in [4.78, 5) is 17.0. The fraction of sp³-hybridized carbons (Fsp3) is 0.280. The van der Waals surface area contributed by atoms with Crippen LogP contribution in [0.2, 0.25) is 0 Å². The first-order chi connectivity index (χ1) is 13.4. The van der Waals surface area contributed by atoms with Crippen molar-refractivity contribution < 1.29 is 4.79 Å². The molecule has 0 bridgehead atoms. The summed E-state index contributed by atoms with van der Waals surface area (Å²) >= 11 is 0. The fourth-order valence-corrected chi connectivity index (χ4v) is 3.28. The van der Waals surface area contributed by atoms with Crippen molar-refractivity contribution in [2.75, 3.05) is 5.32 Å². The summed E-state index contributed by atoms with van der Waals surface area (Å²) in [6, 6.07) is 20.9. The first-order valence-electron chi connectivity index (χ1n) is 9.83. The van der Waals surface area contributed by atoms with Gasteiger partial charge in [-0.15, -0.1) is 0 Å². The van der Waals surface area contributed by atoms with Crippen molar-refractivity contribution in [1.82, 2.24) is 4.98 Å². The molecule has 3 rings (SSSR count). The van der Waals surface area contributed by atoms with Gasteiger partial charge in [-0.2, -0.15) is 0 Å². The van der Waals surface area contributed by atoms with Gasteiger partial charge < -0.3 is 5.32 Å². The standard InChI is InChI=1S/C25H28N2O/c1-17(2)27-24-11-9-21(10-12-24)19(4)25(28)16-20-5-7-22(8-6-20)23-13-14-26-18(3)15-23/h5-15,17,19,27H,16H2,1-4H3. The Morgan fingerprint density at radius 3 is 2.21 bits per heavy atom. The Labute approximate surface area is 167 Å². The lowest BCUT2D eigenvalue weighted by atomic mass is 9.92. The molecule has 0 saturated carbocycles. The second-order valence-electron chi connectivity index (χ2n) is 7.67. The van der Waals surface area contributed by atoms with Gasteiger partial charge in [-0.1, -0.05) is 43.3 Å². The summed E-state index contributed by atoms with van der Waals surface area (Å²) in [6.07, 6.45) is 2.27. The van der Waals surface area contributed by atoms with E-state index in [0.29, 0.717) is 12.5 Å². The Hall–Kier alpha value is -2.94. The van der Waals surface area contributed by atoms with Crippen LogP contribution >= 0.6 is 0 Å². The summed E-state index contributed by atoms with van der Waals surface area (Å²) in [5.74, 6) is 0.118. The number of anilines is 1. The number of hydrogen-bond acceptors (Lipinski definition) is 3. The van der Waals surface area contributed by atoms with Gasteiger partial charge in [0.15, 0.2) is 0 Å². The molecule has 1 atom stereocenters. The van der Waals surface area contributed by atoms with Crippen LogP contribution in [0, 0.1) is 6.92 Å². The van der Waals surface area contributed by atoms with E-state index in [1.165, 1.54) is 0 Å². The smallest absolute Gasteiger partial charge is 0.144 e. The first kappa shape index (κ1) is 19.8. The van der Waals surface area contributed by atoms with Gasteiger partial charge in [0, 0.05) is 36.0 Å². The Morgan fingerprint density at radius 2 is 1.61 bits per heavy atom. The molecule has 3 heteroatoms. The molecule has 0 radical (unpaired) electrons. The van der Waals surface area contributed by atoms with Crippen molar-refractivity contribution in [3.05, 3.63) is 83.7 Å². The molecular weight excluding hydrogens is 344 g/mol. The zero-order valence-electron chi connectivity index (χ0n) is 17.1. The molecule has 0 fully saturated rings. The van der Waals surface area contributed by atoms with E-state index in [-0.39, 0.29) is 11.7 Å². The van der Waals surface area contributed by atoms with E-state index in [2.05, 4.69) is 42.3 Å². The molecule has 2 aromatic carbocycles. The van der Waals surface area contributed by atoms with Gasteiger partial charge in [-0.3, -0.25) is 9.78 Å². The highest BCUT2D eigenvalue weighted by Gasteiger charge is 2.16. The number of benzene rings is 2. The van der Waals surface area contributed by atoms with Gasteiger partial charge in [0.25, 0.3) is 0 Å². The maximum absolute atomic E-state index is 12.8. The summed E-state index contributed by atoms with van der Waals surface area (Å²) in [7, 11) is 0. The van der Waals surface area contributed by atoms with Crippen molar-refractivity contribution in [3.8, 4) is 11.1 Å². The van der Waals surface area contributed by atoms with Crippen LogP contribution in [0.1, 0.15) is 43.5 Å². The number of aryl methyl sites for hydroxylation is 1. The molecular formula is C25H28N2O. The Balaban J connectivity index is 1.65. The van der Waals surface area contributed by atoms with Crippen molar-refractivity contribution in [3.63, 3.8) is 0 Å². The Morgan fingerprint density at radius 1 is 0.929 bits per heavy atom. The third-order valence-electron chi connectivity index (χ3n) is 4.91. The van der Waals surface area contributed by atoms with Crippen LogP contribution in [-0.4, -0.2) is 16.8 Å². The largest absolute Gasteiger partial charge is 0.383 e. The molecule has 3 nitrogen and oxygen atoms in total. The van der Waals surface area contributed by atoms with Crippen LogP contribution in [0.15, 0.2) is 66.9 Å². The van der Waals surface area contributed by atoms with E-state index in [9.17, 15) is 4.79 Å². The Kier molecular flexibility index (Phi) is 6.25. The summed E-state index contributed by atoms with van der Waals surface area (Å²) in [6.45, 7) is 8.20. The predicted molar refractivity (Wildman–Crippen MR) is 117 cm³/mol. The predicted octanol–water partition coefficient (Wildman–Crippen LogP) is 5.79. The van der Waals surface area contributed by atoms with E-state index < -0.39 is 0 Å². The average Bonchev–Trinajstić information content (AvgIpc) is 2.68. The maximum atomic E-state index is 12.8. The summed E-state index contributed by atoms with van der Waals surface area (Å²) in [5, 5.41) is 3.37. The molecule has 1 N–H and O–H groups in total. The molecule has 1 aromatic heterocycles. The van der Waals surface area contributed by atoms with Crippen molar-refractivity contribution >= 4 is 11.5 Å². The molecule has 0 aliphatic heterocycles. The topological polar surface area (TPSA) is 42.0 Å². The number of nitrogens with zero attached hydrogens (tertiary/aromatic N) is 1. The van der Waals surface area contributed by atoms with Crippen LogP contribution in [0.5, 0.6) is 0 Å². The molecule has 0 aliphatic carbocycles. The van der Waals surface area contributed by atoms with Crippen LogP contribution in [0.25, 0.3) is 11.1 Å². The summed E-state index contributed by atoms with van der Waals surface area (Å²) in [5.41, 5.74) is 6.48. The lowest BCUT2D eigenvalue weighted by Crippen LogP contribution is -2.13. The van der Waals surface area contributed by atoms with Gasteiger partial charge in [0.1, 0.15) is 5.78 Å². The van der Waals surface area contributed by atoms with E-state index in [0.717, 1.165) is 33.6 Å². The lowest BCUT2D eigenvalue weighted by molar-refractivity contribution is -0.119. The molecule has 1 heterocycles. The van der Waals surface area contributed by atoms with Crippen LogP contribution < -0.4 is 5.32 Å². The van der Waals surface area contributed by atoms with Crippen LogP contribution in [-0.2, 0) is 11.2 Å². The number of rotatable bonds is 7. The molecule has 0 spiro atoms. The molecule has 0 saturated heterocycles. The third kappa shape index (κ3) is 5.07. The normalized spacial score (nSPS) is 12.0. The number of aromatic nitrogens is 1. The number of hydrogen-bond donors (Lipinski definition) is 1. The SMILES string of the molecule is Cc1cc(-c2ccc(CC(=O)C(C)c3ccc(NC(C)C)cc3)cc2)ccn1. The van der Waals surface area contributed by atoms with Crippen molar-refractivity contribution in [2.45, 2.75) is 46.1 Å². The molecule has 144 valence electrons. The number of ketones is 1. The number of pyridine rings is 1. The second-order valence-corrected chi connectivity index (χ2v) is 7.67. The van der Waals surface area contributed by atoms with E-state index in [1.807, 2.05) is 62.5 Å². The lowest BCUT2D eigenvalue weighted by Gasteiger charge is -2.14. The molecule has 0 amide bonds. The molecule has 1 unspecified atom stereocenters. The second kappa shape index (κ2) is 8.83. The minimum Gasteiger partial charge on any atom is -0.383 e. The highest BCUT2D eigenvalue weighted by molar-refractivity contribution is 5.87. The average molecular weight is 373 g/mol.